The van der Waals surface area contributed by atoms with Gasteiger partial charge in [-0.1, -0.05) is 6.07 Å². The van der Waals surface area contributed by atoms with Gasteiger partial charge in [0.1, 0.15) is 0 Å². The first-order valence-corrected chi connectivity index (χ1v) is 7.46. The summed E-state index contributed by atoms with van der Waals surface area (Å²) in [5.74, 6) is 0. The summed E-state index contributed by atoms with van der Waals surface area (Å²) < 4.78 is 38.4. The normalized spacial score (nSPS) is 15.8. The Hall–Kier alpha value is -2.37. The predicted octanol–water partition coefficient (Wildman–Crippen LogP) is 3.61. The number of rotatable bonds is 2. The standard InChI is InChI=1S/C17H18F3N3/c18-17(19,20)13-2-1-3-16(12-13)23-10-8-22(9-11-23)15-6-4-14(21)5-7-15/h1-7,12H,8-11,21H2. The van der Waals surface area contributed by atoms with E-state index < -0.39 is 11.7 Å². The molecule has 23 heavy (non-hydrogen) atoms. The molecule has 0 unspecified atom stereocenters. The van der Waals surface area contributed by atoms with E-state index >= 15 is 0 Å². The molecule has 0 atom stereocenters. The number of benzene rings is 2. The minimum Gasteiger partial charge on any atom is -0.399 e. The van der Waals surface area contributed by atoms with Crippen LogP contribution in [0.4, 0.5) is 30.2 Å². The van der Waals surface area contributed by atoms with Crippen molar-refractivity contribution < 1.29 is 13.2 Å². The van der Waals surface area contributed by atoms with Crippen LogP contribution in [0.1, 0.15) is 5.56 Å². The Bertz CT molecular complexity index is 660. The van der Waals surface area contributed by atoms with Gasteiger partial charge in [0.2, 0.25) is 0 Å². The number of halogens is 3. The predicted molar refractivity (Wildman–Crippen MR) is 86.7 cm³/mol. The Morgan fingerprint density at radius 3 is 1.91 bits per heavy atom. The lowest BCUT2D eigenvalue weighted by Crippen LogP contribution is -2.46. The highest BCUT2D eigenvalue weighted by molar-refractivity contribution is 5.55. The number of nitrogens with zero attached hydrogens (tertiary/aromatic N) is 2. The third-order valence-electron chi connectivity index (χ3n) is 4.08. The van der Waals surface area contributed by atoms with Gasteiger partial charge in [-0.2, -0.15) is 13.2 Å². The first-order valence-electron chi connectivity index (χ1n) is 7.46. The van der Waals surface area contributed by atoms with Crippen LogP contribution in [0.15, 0.2) is 48.5 Å². The second-order valence-corrected chi connectivity index (χ2v) is 5.61. The van der Waals surface area contributed by atoms with E-state index in [4.69, 9.17) is 5.73 Å². The lowest BCUT2D eigenvalue weighted by atomic mass is 10.1. The van der Waals surface area contributed by atoms with Crippen molar-refractivity contribution in [3.05, 3.63) is 54.1 Å². The van der Waals surface area contributed by atoms with E-state index in [1.165, 1.54) is 12.1 Å². The summed E-state index contributed by atoms with van der Waals surface area (Å²) in [5.41, 5.74) is 7.51. The van der Waals surface area contributed by atoms with E-state index in [9.17, 15) is 13.2 Å². The van der Waals surface area contributed by atoms with E-state index in [1.54, 1.807) is 6.07 Å². The molecule has 0 saturated carbocycles. The molecule has 1 aliphatic rings. The largest absolute Gasteiger partial charge is 0.416 e. The molecule has 2 aromatic carbocycles. The van der Waals surface area contributed by atoms with E-state index in [0.29, 0.717) is 18.8 Å². The number of alkyl halides is 3. The molecule has 2 N–H and O–H groups in total. The Balaban J connectivity index is 1.68. The first kappa shape index (κ1) is 15.5. The maximum Gasteiger partial charge on any atom is 0.416 e. The molecule has 3 rings (SSSR count). The summed E-state index contributed by atoms with van der Waals surface area (Å²) in [7, 11) is 0. The maximum atomic E-state index is 12.8. The van der Waals surface area contributed by atoms with Crippen LogP contribution in [0.2, 0.25) is 0 Å². The number of anilines is 3. The van der Waals surface area contributed by atoms with Gasteiger partial charge in [-0.3, -0.25) is 0 Å². The third-order valence-corrected chi connectivity index (χ3v) is 4.08. The second kappa shape index (κ2) is 6.02. The minimum atomic E-state index is -4.30. The van der Waals surface area contributed by atoms with Crippen molar-refractivity contribution in [1.29, 1.82) is 0 Å². The van der Waals surface area contributed by atoms with Gasteiger partial charge < -0.3 is 15.5 Å². The van der Waals surface area contributed by atoms with Crippen molar-refractivity contribution in [1.82, 2.24) is 0 Å². The van der Waals surface area contributed by atoms with Crippen LogP contribution in [0.25, 0.3) is 0 Å². The van der Waals surface area contributed by atoms with Gasteiger partial charge in [0.25, 0.3) is 0 Å². The number of hydrogen-bond donors (Lipinski definition) is 1. The molecule has 2 aromatic rings. The van der Waals surface area contributed by atoms with Crippen LogP contribution in [-0.2, 0) is 6.18 Å². The fraction of sp³-hybridized carbons (Fsp3) is 0.294. The van der Waals surface area contributed by atoms with E-state index in [0.717, 1.165) is 30.5 Å². The molecule has 0 aliphatic carbocycles. The van der Waals surface area contributed by atoms with Crippen LogP contribution in [0, 0.1) is 0 Å². The summed E-state index contributed by atoms with van der Waals surface area (Å²) in [5, 5.41) is 0. The molecular weight excluding hydrogens is 303 g/mol. The highest BCUT2D eigenvalue weighted by Crippen LogP contribution is 2.32. The van der Waals surface area contributed by atoms with Crippen LogP contribution in [0.5, 0.6) is 0 Å². The third kappa shape index (κ3) is 3.52. The zero-order valence-corrected chi connectivity index (χ0v) is 12.6. The molecule has 0 radical (unpaired) electrons. The second-order valence-electron chi connectivity index (χ2n) is 5.61. The van der Waals surface area contributed by atoms with E-state index in [-0.39, 0.29) is 0 Å². The van der Waals surface area contributed by atoms with Crippen LogP contribution in [0.3, 0.4) is 0 Å². The summed E-state index contributed by atoms with van der Waals surface area (Å²) >= 11 is 0. The lowest BCUT2D eigenvalue weighted by Gasteiger charge is -2.37. The molecule has 1 fully saturated rings. The number of nitrogen functional groups attached to an aromatic ring is 1. The van der Waals surface area contributed by atoms with Gasteiger partial charge in [-0.15, -0.1) is 0 Å². The molecule has 0 bridgehead atoms. The Kier molecular flexibility index (Phi) is 4.07. The molecule has 1 aliphatic heterocycles. The summed E-state index contributed by atoms with van der Waals surface area (Å²) in [6.07, 6.45) is -4.30. The van der Waals surface area contributed by atoms with E-state index in [1.807, 2.05) is 29.2 Å². The quantitative estimate of drug-likeness (QED) is 0.858. The minimum absolute atomic E-state index is 0.601. The number of piperazine rings is 1. The molecular formula is C17H18F3N3. The van der Waals surface area contributed by atoms with Crippen LogP contribution in [-0.4, -0.2) is 26.2 Å². The first-order chi connectivity index (χ1) is 10.9. The van der Waals surface area contributed by atoms with E-state index in [2.05, 4.69) is 4.90 Å². The summed E-state index contributed by atoms with van der Waals surface area (Å²) in [4.78, 5) is 4.20. The average molecular weight is 321 g/mol. The highest BCUT2D eigenvalue weighted by Gasteiger charge is 2.31. The van der Waals surface area contributed by atoms with Crippen molar-refractivity contribution >= 4 is 17.1 Å². The Morgan fingerprint density at radius 1 is 0.783 bits per heavy atom. The van der Waals surface area contributed by atoms with Crippen molar-refractivity contribution in [3.8, 4) is 0 Å². The SMILES string of the molecule is Nc1ccc(N2CCN(c3cccc(C(F)(F)F)c3)CC2)cc1. The molecule has 122 valence electrons. The van der Waals surface area contributed by atoms with Gasteiger partial charge in [0, 0.05) is 43.2 Å². The van der Waals surface area contributed by atoms with Gasteiger partial charge in [-0.05, 0) is 42.5 Å². The number of hydrogen-bond acceptors (Lipinski definition) is 3. The fourth-order valence-corrected chi connectivity index (χ4v) is 2.79. The Labute approximate surface area is 133 Å². The zero-order chi connectivity index (χ0) is 16.4. The summed E-state index contributed by atoms with van der Waals surface area (Å²) in [6.45, 7) is 2.90. The monoisotopic (exact) mass is 321 g/mol. The molecule has 1 heterocycles. The molecule has 6 heteroatoms. The molecule has 1 saturated heterocycles. The van der Waals surface area contributed by atoms with Crippen molar-refractivity contribution in [2.75, 3.05) is 41.7 Å². The van der Waals surface area contributed by atoms with Crippen molar-refractivity contribution in [3.63, 3.8) is 0 Å². The smallest absolute Gasteiger partial charge is 0.399 e. The zero-order valence-electron chi connectivity index (χ0n) is 12.6. The summed E-state index contributed by atoms with van der Waals surface area (Å²) in [6, 6.07) is 13.2. The molecule has 0 aromatic heterocycles. The Morgan fingerprint density at radius 2 is 1.35 bits per heavy atom. The average Bonchev–Trinajstić information content (AvgIpc) is 2.55. The van der Waals surface area contributed by atoms with Gasteiger partial charge in [-0.25, -0.2) is 0 Å². The maximum absolute atomic E-state index is 12.8. The fourth-order valence-electron chi connectivity index (χ4n) is 2.79. The number of nitrogens with two attached hydrogens (primary N) is 1. The van der Waals surface area contributed by atoms with Gasteiger partial charge >= 0.3 is 6.18 Å². The molecule has 0 amide bonds. The molecule has 3 nitrogen and oxygen atoms in total. The van der Waals surface area contributed by atoms with Gasteiger partial charge in [0.05, 0.1) is 5.56 Å². The highest BCUT2D eigenvalue weighted by atomic mass is 19.4. The van der Waals surface area contributed by atoms with Crippen LogP contribution >= 0.6 is 0 Å². The van der Waals surface area contributed by atoms with Crippen molar-refractivity contribution in [2.45, 2.75) is 6.18 Å². The lowest BCUT2D eigenvalue weighted by molar-refractivity contribution is -0.137. The van der Waals surface area contributed by atoms with Gasteiger partial charge in [0.15, 0.2) is 0 Å². The topological polar surface area (TPSA) is 32.5 Å². The van der Waals surface area contributed by atoms with Crippen LogP contribution < -0.4 is 15.5 Å². The molecule has 0 spiro atoms. The van der Waals surface area contributed by atoms with Crippen molar-refractivity contribution in [2.24, 2.45) is 0 Å².